The van der Waals surface area contributed by atoms with E-state index >= 15 is 0 Å². The second-order valence-electron chi connectivity index (χ2n) is 6.58. The van der Waals surface area contributed by atoms with Crippen LogP contribution in [0.3, 0.4) is 0 Å². The molecular weight excluding hydrogens is 440 g/mol. The summed E-state index contributed by atoms with van der Waals surface area (Å²) in [6, 6.07) is 17.8. The van der Waals surface area contributed by atoms with Gasteiger partial charge in [0.25, 0.3) is 15.9 Å². The van der Waals surface area contributed by atoms with Gasteiger partial charge in [-0.1, -0.05) is 29.8 Å². The number of carbonyl (C=O) groups is 1. The van der Waals surface area contributed by atoms with Crippen molar-refractivity contribution in [1.82, 2.24) is 0 Å². The average molecular weight is 461 g/mol. The maximum atomic E-state index is 12.8. The third-order valence-corrected chi connectivity index (χ3v) is 6.02. The zero-order chi connectivity index (χ0) is 22.4. The van der Waals surface area contributed by atoms with Gasteiger partial charge in [-0.05, 0) is 61.0 Å². The van der Waals surface area contributed by atoms with Crippen LogP contribution in [0.2, 0.25) is 5.02 Å². The lowest BCUT2D eigenvalue weighted by Gasteiger charge is -2.13. The molecule has 0 heterocycles. The van der Waals surface area contributed by atoms with Crippen molar-refractivity contribution in [2.75, 3.05) is 23.8 Å². The van der Waals surface area contributed by atoms with Gasteiger partial charge in [-0.3, -0.25) is 9.52 Å². The molecule has 0 aliphatic heterocycles. The zero-order valence-electron chi connectivity index (χ0n) is 16.9. The Morgan fingerprint density at radius 2 is 1.74 bits per heavy atom. The summed E-state index contributed by atoms with van der Waals surface area (Å²) in [5.41, 5.74) is 1.46. The molecule has 3 aromatic rings. The van der Waals surface area contributed by atoms with E-state index in [1.165, 1.54) is 19.2 Å². The minimum atomic E-state index is -3.86. The van der Waals surface area contributed by atoms with Crippen LogP contribution in [0.4, 0.5) is 11.4 Å². The Morgan fingerprint density at radius 1 is 1.03 bits per heavy atom. The molecule has 2 N–H and O–H groups in total. The van der Waals surface area contributed by atoms with Gasteiger partial charge >= 0.3 is 0 Å². The number of nitrogens with one attached hydrogen (secondary N) is 2. The number of aryl methyl sites for hydroxylation is 1. The summed E-state index contributed by atoms with van der Waals surface area (Å²) >= 11 is 6.01. The van der Waals surface area contributed by atoms with E-state index in [0.29, 0.717) is 33.5 Å². The summed E-state index contributed by atoms with van der Waals surface area (Å²) < 4.78 is 38.5. The van der Waals surface area contributed by atoms with Gasteiger partial charge in [-0.2, -0.15) is 0 Å². The fourth-order valence-corrected chi connectivity index (χ4v) is 3.94. The number of hydrogen-bond acceptors (Lipinski definition) is 5. The summed E-state index contributed by atoms with van der Waals surface area (Å²) in [6.07, 6.45) is 0. The highest BCUT2D eigenvalue weighted by molar-refractivity contribution is 7.92. The van der Waals surface area contributed by atoms with Crippen LogP contribution in [0.25, 0.3) is 0 Å². The minimum absolute atomic E-state index is 0.0104. The number of rotatable bonds is 8. The predicted octanol–water partition coefficient (Wildman–Crippen LogP) is 4.48. The zero-order valence-corrected chi connectivity index (χ0v) is 18.5. The Morgan fingerprint density at radius 3 is 2.42 bits per heavy atom. The summed E-state index contributed by atoms with van der Waals surface area (Å²) in [4.78, 5) is 12.3. The van der Waals surface area contributed by atoms with Crippen LogP contribution >= 0.6 is 11.6 Å². The lowest BCUT2D eigenvalue weighted by molar-refractivity contribution is -0.118. The van der Waals surface area contributed by atoms with E-state index in [-0.39, 0.29) is 11.5 Å². The molecule has 162 valence electrons. The van der Waals surface area contributed by atoms with Gasteiger partial charge in [-0.25, -0.2) is 8.42 Å². The first-order chi connectivity index (χ1) is 14.8. The van der Waals surface area contributed by atoms with Crippen LogP contribution < -0.4 is 19.5 Å². The first-order valence-electron chi connectivity index (χ1n) is 9.23. The molecule has 0 saturated carbocycles. The van der Waals surface area contributed by atoms with Crippen LogP contribution in [0.5, 0.6) is 11.5 Å². The molecule has 0 radical (unpaired) electrons. The van der Waals surface area contributed by atoms with E-state index in [2.05, 4.69) is 10.0 Å². The van der Waals surface area contributed by atoms with Crippen LogP contribution in [0, 0.1) is 6.92 Å². The number of halogens is 1. The molecule has 0 atom stereocenters. The van der Waals surface area contributed by atoms with Crippen molar-refractivity contribution in [3.63, 3.8) is 0 Å². The smallest absolute Gasteiger partial charge is 0.262 e. The van der Waals surface area contributed by atoms with Crippen molar-refractivity contribution in [1.29, 1.82) is 0 Å². The molecule has 0 aliphatic rings. The van der Waals surface area contributed by atoms with Crippen molar-refractivity contribution < 1.29 is 22.7 Å². The van der Waals surface area contributed by atoms with E-state index in [0.717, 1.165) is 0 Å². The second-order valence-corrected chi connectivity index (χ2v) is 8.67. The number of carbonyl (C=O) groups excluding carboxylic acids is 1. The molecule has 0 aromatic heterocycles. The molecule has 0 unspecified atom stereocenters. The molecule has 0 bridgehead atoms. The maximum absolute atomic E-state index is 12.8. The molecule has 9 heteroatoms. The number of anilines is 2. The van der Waals surface area contributed by atoms with Crippen molar-refractivity contribution in [2.45, 2.75) is 11.8 Å². The molecule has 0 fully saturated rings. The highest BCUT2D eigenvalue weighted by Gasteiger charge is 2.17. The lowest BCUT2D eigenvalue weighted by Crippen LogP contribution is -2.21. The second kappa shape index (κ2) is 9.72. The fraction of sp³-hybridized carbons (Fsp3) is 0.136. The SMILES string of the molecule is COc1ccc(NS(=O)(=O)c2ccc(C)c(NC(=O)COc3ccccc3Cl)c2)cc1. The fourth-order valence-electron chi connectivity index (χ4n) is 2.67. The number of methoxy groups -OCH3 is 1. The Hall–Kier alpha value is -3.23. The van der Waals surface area contributed by atoms with Crippen molar-refractivity contribution in [3.8, 4) is 11.5 Å². The number of amides is 1. The molecule has 1 amide bonds. The monoisotopic (exact) mass is 460 g/mol. The summed E-state index contributed by atoms with van der Waals surface area (Å²) in [5.74, 6) is 0.555. The van der Waals surface area contributed by atoms with Crippen molar-refractivity contribution in [2.24, 2.45) is 0 Å². The van der Waals surface area contributed by atoms with Gasteiger partial charge in [0.1, 0.15) is 11.5 Å². The minimum Gasteiger partial charge on any atom is -0.497 e. The molecule has 7 nitrogen and oxygen atoms in total. The number of sulfonamides is 1. The summed E-state index contributed by atoms with van der Waals surface area (Å²) in [5, 5.41) is 3.07. The predicted molar refractivity (Wildman–Crippen MR) is 121 cm³/mol. The van der Waals surface area contributed by atoms with Gasteiger partial charge in [-0.15, -0.1) is 0 Å². The Labute approximate surface area is 186 Å². The first kappa shape index (κ1) is 22.5. The molecule has 0 aliphatic carbocycles. The van der Waals surface area contributed by atoms with Crippen LogP contribution in [0.15, 0.2) is 71.6 Å². The molecule has 31 heavy (non-hydrogen) atoms. The standard InChI is InChI=1S/C22H21ClN2O5S/c1-15-7-12-18(31(27,28)25-16-8-10-17(29-2)11-9-16)13-20(15)24-22(26)14-30-21-6-4-3-5-19(21)23/h3-13,25H,14H2,1-2H3,(H,24,26). The van der Waals surface area contributed by atoms with Gasteiger partial charge in [0.15, 0.2) is 6.61 Å². The number of hydrogen-bond donors (Lipinski definition) is 2. The van der Waals surface area contributed by atoms with Gasteiger partial charge in [0.2, 0.25) is 0 Å². The average Bonchev–Trinajstić information content (AvgIpc) is 2.75. The number of benzene rings is 3. The summed E-state index contributed by atoms with van der Waals surface area (Å²) in [7, 11) is -2.33. The molecular formula is C22H21ClN2O5S. The van der Waals surface area contributed by atoms with E-state index in [1.807, 2.05) is 0 Å². The molecule has 3 rings (SSSR count). The molecule has 0 spiro atoms. The third-order valence-electron chi connectivity index (χ3n) is 4.33. The molecule has 0 saturated heterocycles. The lowest BCUT2D eigenvalue weighted by atomic mass is 10.2. The largest absolute Gasteiger partial charge is 0.497 e. The van der Waals surface area contributed by atoms with Gasteiger partial charge in [0, 0.05) is 11.4 Å². The normalized spacial score (nSPS) is 10.9. The van der Waals surface area contributed by atoms with E-state index < -0.39 is 15.9 Å². The Bertz CT molecular complexity index is 1180. The van der Waals surface area contributed by atoms with Crippen LogP contribution in [0.1, 0.15) is 5.56 Å². The topological polar surface area (TPSA) is 93.7 Å². The van der Waals surface area contributed by atoms with Crippen molar-refractivity contribution >= 4 is 38.9 Å². The third kappa shape index (κ3) is 5.90. The molecule has 3 aromatic carbocycles. The highest BCUT2D eigenvalue weighted by Crippen LogP contribution is 2.25. The van der Waals surface area contributed by atoms with Crippen LogP contribution in [-0.4, -0.2) is 28.0 Å². The number of para-hydroxylation sites is 1. The maximum Gasteiger partial charge on any atom is 0.262 e. The highest BCUT2D eigenvalue weighted by atomic mass is 35.5. The quantitative estimate of drug-likeness (QED) is 0.517. The van der Waals surface area contributed by atoms with Gasteiger partial charge < -0.3 is 14.8 Å². The number of ether oxygens (including phenoxy) is 2. The first-order valence-corrected chi connectivity index (χ1v) is 11.1. The van der Waals surface area contributed by atoms with Gasteiger partial charge in [0.05, 0.1) is 17.0 Å². The Kier molecular flexibility index (Phi) is 7.04. The van der Waals surface area contributed by atoms with E-state index in [1.54, 1.807) is 61.5 Å². The van der Waals surface area contributed by atoms with Crippen molar-refractivity contribution in [3.05, 3.63) is 77.3 Å². The van der Waals surface area contributed by atoms with E-state index in [9.17, 15) is 13.2 Å². The summed E-state index contributed by atoms with van der Waals surface area (Å²) in [6.45, 7) is 1.49. The Balaban J connectivity index is 1.71. The van der Waals surface area contributed by atoms with E-state index in [4.69, 9.17) is 21.1 Å². The van der Waals surface area contributed by atoms with Crippen LogP contribution in [-0.2, 0) is 14.8 Å².